The van der Waals surface area contributed by atoms with Gasteiger partial charge in [0.15, 0.2) is 0 Å². The van der Waals surface area contributed by atoms with Crippen LogP contribution in [-0.2, 0) is 14.3 Å². The molecule has 0 bridgehead atoms. The average molecular weight is 244 g/mol. The summed E-state index contributed by atoms with van der Waals surface area (Å²) in [6.45, 7) is 3.94. The highest BCUT2D eigenvalue weighted by Gasteiger charge is 2.05. The van der Waals surface area contributed by atoms with E-state index in [1.807, 2.05) is 0 Å². The van der Waals surface area contributed by atoms with Crippen LogP contribution in [0.15, 0.2) is 12.2 Å². The molecule has 0 saturated carbocycles. The van der Waals surface area contributed by atoms with E-state index in [0.29, 0.717) is 25.9 Å². The highest BCUT2D eigenvalue weighted by Crippen LogP contribution is 2.06. The smallest absolute Gasteiger partial charge is 0.330 e. The Hall–Kier alpha value is -1.36. The predicted octanol–water partition coefficient (Wildman–Crippen LogP) is 1.50. The summed E-state index contributed by atoms with van der Waals surface area (Å²) < 4.78 is 4.76. The number of ether oxygens (including phenoxy) is 1. The molecule has 0 unspecified atom stereocenters. The second-order valence-corrected chi connectivity index (χ2v) is 3.77. The number of aliphatic hydroxyl groups is 1. The first-order chi connectivity index (χ1) is 8.07. The van der Waals surface area contributed by atoms with Crippen LogP contribution in [0.25, 0.3) is 0 Å². The third-order valence-corrected chi connectivity index (χ3v) is 2.23. The first-order valence-corrected chi connectivity index (χ1v) is 5.75. The van der Waals surface area contributed by atoms with Gasteiger partial charge < -0.3 is 14.9 Å². The van der Waals surface area contributed by atoms with Crippen molar-refractivity contribution in [2.24, 2.45) is 0 Å². The van der Waals surface area contributed by atoms with Crippen LogP contribution >= 0.6 is 0 Å². The maximum atomic E-state index is 10.5. The van der Waals surface area contributed by atoms with Crippen LogP contribution in [0.3, 0.4) is 0 Å². The summed E-state index contributed by atoms with van der Waals surface area (Å²) >= 11 is 0. The number of carboxylic acid groups (broad SMARTS) is 1. The van der Waals surface area contributed by atoms with Crippen molar-refractivity contribution in [1.82, 2.24) is 0 Å². The summed E-state index contributed by atoms with van der Waals surface area (Å²) in [4.78, 5) is 20.5. The third-order valence-electron chi connectivity index (χ3n) is 2.23. The van der Waals surface area contributed by atoms with Crippen LogP contribution in [0.1, 0.15) is 38.5 Å². The minimum atomic E-state index is -0.983. The summed E-state index contributed by atoms with van der Waals surface area (Å²) in [5.74, 6) is -1.01. The highest BCUT2D eigenvalue weighted by molar-refractivity contribution is 5.85. The van der Waals surface area contributed by atoms with Gasteiger partial charge in [-0.2, -0.15) is 0 Å². The molecule has 5 heteroatoms. The Morgan fingerprint density at radius 2 is 2.06 bits per heavy atom. The molecule has 2 N–H and O–H groups in total. The maximum Gasteiger partial charge on any atom is 0.330 e. The number of carboxylic acids is 1. The zero-order chi connectivity index (χ0) is 13.1. The number of carbonyl (C=O) groups excluding carboxylic acids is 1. The number of cyclic esters (lactones) is 1. The van der Waals surface area contributed by atoms with Gasteiger partial charge in [0, 0.05) is 18.6 Å². The Balaban J connectivity index is 0.000000302. The van der Waals surface area contributed by atoms with Crippen LogP contribution in [0.4, 0.5) is 0 Å². The molecule has 0 aromatic rings. The van der Waals surface area contributed by atoms with Crippen LogP contribution in [-0.4, -0.2) is 35.4 Å². The van der Waals surface area contributed by atoms with Gasteiger partial charge in [0.2, 0.25) is 0 Å². The van der Waals surface area contributed by atoms with Gasteiger partial charge in [-0.05, 0) is 32.1 Å². The lowest BCUT2D eigenvalue weighted by molar-refractivity contribution is -0.142. The summed E-state index contributed by atoms with van der Waals surface area (Å²) in [7, 11) is 0. The summed E-state index contributed by atoms with van der Waals surface area (Å²) in [5.41, 5.74) is 0.157. The third kappa shape index (κ3) is 9.56. The molecule has 1 rings (SSSR count). The maximum absolute atomic E-state index is 10.5. The molecular formula is C12H20O5. The number of carbonyl (C=O) groups is 2. The Kier molecular flexibility index (Phi) is 9.05. The largest absolute Gasteiger partial charge is 0.478 e. The quantitative estimate of drug-likeness (QED) is 0.578. The highest BCUT2D eigenvalue weighted by atomic mass is 16.5. The van der Waals surface area contributed by atoms with E-state index in [9.17, 15) is 9.59 Å². The molecule has 1 aliphatic rings. The second-order valence-electron chi connectivity index (χ2n) is 3.77. The number of esters is 1. The number of hydrogen-bond acceptors (Lipinski definition) is 4. The van der Waals surface area contributed by atoms with Crippen molar-refractivity contribution < 1.29 is 24.5 Å². The Labute approximate surface area is 101 Å². The van der Waals surface area contributed by atoms with E-state index in [1.54, 1.807) is 0 Å². The van der Waals surface area contributed by atoms with E-state index in [-0.39, 0.29) is 18.1 Å². The topological polar surface area (TPSA) is 83.8 Å². The lowest BCUT2D eigenvalue weighted by Gasteiger charge is -1.94. The van der Waals surface area contributed by atoms with E-state index in [0.717, 1.165) is 19.3 Å². The molecule has 1 saturated heterocycles. The molecule has 5 nitrogen and oxygen atoms in total. The predicted molar refractivity (Wildman–Crippen MR) is 62.5 cm³/mol. The molecular weight excluding hydrogens is 224 g/mol. The first-order valence-electron chi connectivity index (χ1n) is 5.75. The Morgan fingerprint density at radius 1 is 1.35 bits per heavy atom. The average Bonchev–Trinajstić information content (AvgIpc) is 2.54. The van der Waals surface area contributed by atoms with Crippen molar-refractivity contribution in [1.29, 1.82) is 0 Å². The first kappa shape index (κ1) is 15.6. The molecule has 0 aromatic heterocycles. The number of hydrogen-bond donors (Lipinski definition) is 2. The second kappa shape index (κ2) is 9.84. The monoisotopic (exact) mass is 244 g/mol. The fraction of sp³-hybridized carbons (Fsp3) is 0.667. The Bertz CT molecular complexity index is 250. The zero-order valence-corrected chi connectivity index (χ0v) is 9.98. The molecule has 1 fully saturated rings. The molecule has 1 aliphatic heterocycles. The summed E-state index contributed by atoms with van der Waals surface area (Å²) in [6, 6.07) is 0. The minimum Gasteiger partial charge on any atom is -0.478 e. The SMILES string of the molecule is C=C(CCCO)C(=O)O.O=C1CCCCCO1. The fourth-order valence-corrected chi connectivity index (χ4v) is 1.21. The van der Waals surface area contributed by atoms with Gasteiger partial charge in [-0.15, -0.1) is 0 Å². The molecule has 0 atom stereocenters. The van der Waals surface area contributed by atoms with Crippen molar-refractivity contribution in [3.63, 3.8) is 0 Å². The van der Waals surface area contributed by atoms with Gasteiger partial charge in [0.1, 0.15) is 0 Å². The van der Waals surface area contributed by atoms with Gasteiger partial charge in [-0.3, -0.25) is 4.79 Å². The number of aliphatic hydroxyl groups excluding tert-OH is 1. The molecule has 17 heavy (non-hydrogen) atoms. The molecule has 0 aromatic carbocycles. The normalized spacial score (nSPS) is 15.0. The fourth-order valence-electron chi connectivity index (χ4n) is 1.21. The minimum absolute atomic E-state index is 0.0201. The molecule has 0 spiro atoms. The van der Waals surface area contributed by atoms with E-state index >= 15 is 0 Å². The van der Waals surface area contributed by atoms with Crippen LogP contribution in [0, 0.1) is 0 Å². The van der Waals surface area contributed by atoms with Gasteiger partial charge in [0.25, 0.3) is 0 Å². The lowest BCUT2D eigenvalue weighted by atomic mass is 10.2. The standard InChI is InChI=1S/C6H10O3.C6H10O2/c1-5(6(8)9)3-2-4-7;7-6-4-2-1-3-5-8-6/h7H,1-4H2,(H,8,9);1-5H2. The molecule has 1 heterocycles. The van der Waals surface area contributed by atoms with Crippen molar-refractivity contribution in [2.45, 2.75) is 38.5 Å². The van der Waals surface area contributed by atoms with E-state index < -0.39 is 5.97 Å². The van der Waals surface area contributed by atoms with E-state index in [1.165, 1.54) is 0 Å². The molecule has 0 amide bonds. The van der Waals surface area contributed by atoms with Crippen molar-refractivity contribution >= 4 is 11.9 Å². The van der Waals surface area contributed by atoms with Gasteiger partial charge in [-0.1, -0.05) is 6.58 Å². The van der Waals surface area contributed by atoms with E-state index in [2.05, 4.69) is 6.58 Å². The van der Waals surface area contributed by atoms with Crippen LogP contribution in [0.2, 0.25) is 0 Å². The molecule has 0 radical (unpaired) electrons. The Morgan fingerprint density at radius 3 is 2.65 bits per heavy atom. The number of aliphatic carboxylic acids is 1. The van der Waals surface area contributed by atoms with Crippen LogP contribution < -0.4 is 0 Å². The van der Waals surface area contributed by atoms with Crippen molar-refractivity contribution in [3.05, 3.63) is 12.2 Å². The van der Waals surface area contributed by atoms with Gasteiger partial charge in [0.05, 0.1) is 6.61 Å². The van der Waals surface area contributed by atoms with Crippen molar-refractivity contribution in [2.75, 3.05) is 13.2 Å². The van der Waals surface area contributed by atoms with Gasteiger partial charge >= 0.3 is 11.9 Å². The van der Waals surface area contributed by atoms with Crippen molar-refractivity contribution in [3.8, 4) is 0 Å². The molecule has 0 aliphatic carbocycles. The van der Waals surface area contributed by atoms with Crippen LogP contribution in [0.5, 0.6) is 0 Å². The van der Waals surface area contributed by atoms with E-state index in [4.69, 9.17) is 14.9 Å². The van der Waals surface area contributed by atoms with Gasteiger partial charge in [-0.25, -0.2) is 4.79 Å². The number of rotatable bonds is 4. The molecule has 98 valence electrons. The zero-order valence-electron chi connectivity index (χ0n) is 9.98. The summed E-state index contributed by atoms with van der Waals surface area (Å²) in [5, 5.41) is 16.5. The lowest BCUT2D eigenvalue weighted by Crippen LogP contribution is -2.00. The summed E-state index contributed by atoms with van der Waals surface area (Å²) in [6.07, 6.45) is 4.67.